The second-order valence-electron chi connectivity index (χ2n) is 5.16. The number of nitrogens with two attached hydrogens (primary N) is 1. The van der Waals surface area contributed by atoms with Gasteiger partial charge >= 0.3 is 0 Å². The monoisotopic (exact) mass is 238 g/mol. The number of rotatable bonds is 5. The molecule has 0 saturated heterocycles. The van der Waals surface area contributed by atoms with Gasteiger partial charge in [-0.2, -0.15) is 0 Å². The smallest absolute Gasteiger partial charge is 0.239 e. The molecule has 1 rings (SSSR count). The van der Waals surface area contributed by atoms with Crippen LogP contribution in [0.25, 0.3) is 0 Å². The van der Waals surface area contributed by atoms with E-state index in [1.807, 2.05) is 11.9 Å². The Kier molecular flexibility index (Phi) is 5.69. The molecule has 1 aliphatic carbocycles. The maximum Gasteiger partial charge on any atom is 0.239 e. The summed E-state index contributed by atoms with van der Waals surface area (Å²) in [6.45, 7) is 5.88. The zero-order valence-electron chi connectivity index (χ0n) is 11.2. The van der Waals surface area contributed by atoms with Gasteiger partial charge in [0.05, 0.1) is 6.04 Å². The average molecular weight is 238 g/mol. The van der Waals surface area contributed by atoms with Crippen LogP contribution in [-0.4, -0.2) is 29.9 Å². The minimum atomic E-state index is -0.415. The van der Waals surface area contributed by atoms with E-state index in [1.54, 1.807) is 6.08 Å². The number of hydrogen-bond donors (Lipinski definition) is 1. The van der Waals surface area contributed by atoms with Gasteiger partial charge in [-0.1, -0.05) is 19.4 Å². The molecule has 0 bridgehead atoms. The quantitative estimate of drug-likeness (QED) is 0.747. The van der Waals surface area contributed by atoms with Gasteiger partial charge in [-0.15, -0.1) is 6.58 Å². The summed E-state index contributed by atoms with van der Waals surface area (Å²) in [7, 11) is 1.89. The topological polar surface area (TPSA) is 46.3 Å². The minimum absolute atomic E-state index is 0.0600. The van der Waals surface area contributed by atoms with Crippen molar-refractivity contribution < 1.29 is 4.79 Å². The molecule has 0 spiro atoms. The molecule has 0 aliphatic heterocycles. The highest BCUT2D eigenvalue weighted by atomic mass is 16.2. The first kappa shape index (κ1) is 14.2. The Balaban J connectivity index is 2.45. The van der Waals surface area contributed by atoms with E-state index in [0.717, 1.165) is 18.8 Å². The molecule has 1 atom stereocenters. The third-order valence-electron chi connectivity index (χ3n) is 4.03. The fraction of sp³-hybridized carbons (Fsp3) is 0.786. The van der Waals surface area contributed by atoms with Crippen molar-refractivity contribution in [2.45, 2.75) is 57.5 Å². The highest BCUT2D eigenvalue weighted by Gasteiger charge is 2.27. The van der Waals surface area contributed by atoms with Gasteiger partial charge in [-0.25, -0.2) is 0 Å². The largest absolute Gasteiger partial charge is 0.341 e. The van der Waals surface area contributed by atoms with Crippen molar-refractivity contribution in [3.05, 3.63) is 12.7 Å². The standard InChI is InChI=1S/C14H26N2O/c1-4-6-13(15)14(17)16(3)12-9-7-11(5-2)8-10-12/h4,11-13H,1,5-10,15H2,2-3H3. The van der Waals surface area contributed by atoms with Gasteiger partial charge in [0.1, 0.15) is 0 Å². The summed E-state index contributed by atoms with van der Waals surface area (Å²) in [5.41, 5.74) is 5.83. The highest BCUT2D eigenvalue weighted by Crippen LogP contribution is 2.29. The summed E-state index contributed by atoms with van der Waals surface area (Å²) in [6.07, 6.45) is 8.28. The molecular formula is C14H26N2O. The number of nitrogens with zero attached hydrogens (tertiary/aromatic N) is 1. The van der Waals surface area contributed by atoms with Crippen molar-refractivity contribution in [3.8, 4) is 0 Å². The van der Waals surface area contributed by atoms with Crippen LogP contribution in [0.15, 0.2) is 12.7 Å². The number of carbonyl (C=O) groups is 1. The normalized spacial score (nSPS) is 26.3. The summed E-state index contributed by atoms with van der Waals surface area (Å²) >= 11 is 0. The number of likely N-dealkylation sites (N-methyl/N-ethyl adjacent to an activating group) is 1. The van der Waals surface area contributed by atoms with Crippen LogP contribution in [0, 0.1) is 5.92 Å². The third-order valence-corrected chi connectivity index (χ3v) is 4.03. The molecule has 2 N–H and O–H groups in total. The first-order valence-electron chi connectivity index (χ1n) is 6.73. The summed E-state index contributed by atoms with van der Waals surface area (Å²) in [5.74, 6) is 0.918. The Morgan fingerprint density at radius 3 is 2.53 bits per heavy atom. The second-order valence-corrected chi connectivity index (χ2v) is 5.16. The fourth-order valence-electron chi connectivity index (χ4n) is 2.66. The van der Waals surface area contributed by atoms with Gasteiger partial charge in [-0.05, 0) is 38.0 Å². The lowest BCUT2D eigenvalue weighted by molar-refractivity contribution is -0.134. The van der Waals surface area contributed by atoms with Crippen LogP contribution < -0.4 is 5.73 Å². The molecule has 0 radical (unpaired) electrons. The molecular weight excluding hydrogens is 212 g/mol. The molecule has 0 aromatic heterocycles. The van der Waals surface area contributed by atoms with Crippen LogP contribution in [0.2, 0.25) is 0 Å². The van der Waals surface area contributed by atoms with Crippen LogP contribution in [0.3, 0.4) is 0 Å². The Hall–Kier alpha value is -0.830. The summed E-state index contributed by atoms with van der Waals surface area (Å²) in [6, 6.07) is -0.0254. The Morgan fingerprint density at radius 2 is 2.06 bits per heavy atom. The molecule has 3 nitrogen and oxygen atoms in total. The van der Waals surface area contributed by atoms with E-state index in [-0.39, 0.29) is 5.91 Å². The van der Waals surface area contributed by atoms with Gasteiger partial charge in [-0.3, -0.25) is 4.79 Å². The molecule has 3 heteroatoms. The van der Waals surface area contributed by atoms with E-state index >= 15 is 0 Å². The molecule has 1 aliphatic rings. The predicted molar refractivity (Wildman–Crippen MR) is 71.6 cm³/mol. The highest BCUT2D eigenvalue weighted by molar-refractivity contribution is 5.81. The van der Waals surface area contributed by atoms with Crippen molar-refractivity contribution in [1.82, 2.24) is 4.90 Å². The van der Waals surface area contributed by atoms with Gasteiger partial charge < -0.3 is 10.6 Å². The Labute approximate surface area is 105 Å². The van der Waals surface area contributed by atoms with Gasteiger partial charge in [0.2, 0.25) is 5.91 Å². The number of amides is 1. The van der Waals surface area contributed by atoms with E-state index in [4.69, 9.17) is 5.73 Å². The summed E-state index contributed by atoms with van der Waals surface area (Å²) in [5, 5.41) is 0. The molecule has 1 fully saturated rings. The van der Waals surface area contributed by atoms with Crippen molar-refractivity contribution in [3.63, 3.8) is 0 Å². The SMILES string of the molecule is C=CCC(N)C(=O)N(C)C1CCC(CC)CC1. The molecule has 1 saturated carbocycles. The lowest BCUT2D eigenvalue weighted by atomic mass is 9.84. The molecule has 98 valence electrons. The van der Waals surface area contributed by atoms with Crippen LogP contribution in [-0.2, 0) is 4.79 Å². The van der Waals surface area contributed by atoms with E-state index in [2.05, 4.69) is 13.5 Å². The zero-order valence-corrected chi connectivity index (χ0v) is 11.2. The lowest BCUT2D eigenvalue weighted by Crippen LogP contribution is -2.47. The third kappa shape index (κ3) is 3.84. The molecule has 0 heterocycles. The Bertz CT molecular complexity index is 257. The minimum Gasteiger partial charge on any atom is -0.341 e. The zero-order chi connectivity index (χ0) is 12.8. The van der Waals surface area contributed by atoms with E-state index in [9.17, 15) is 4.79 Å². The molecule has 0 aromatic rings. The second kappa shape index (κ2) is 6.80. The Morgan fingerprint density at radius 1 is 1.47 bits per heavy atom. The predicted octanol–water partition coefficient (Wildman–Crippen LogP) is 2.32. The fourth-order valence-corrected chi connectivity index (χ4v) is 2.66. The van der Waals surface area contributed by atoms with Crippen molar-refractivity contribution in [1.29, 1.82) is 0 Å². The van der Waals surface area contributed by atoms with Gasteiger partial charge in [0.15, 0.2) is 0 Å². The van der Waals surface area contributed by atoms with Gasteiger partial charge in [0, 0.05) is 13.1 Å². The number of carbonyl (C=O) groups excluding carboxylic acids is 1. The first-order valence-corrected chi connectivity index (χ1v) is 6.73. The molecule has 0 aromatic carbocycles. The van der Waals surface area contributed by atoms with Crippen LogP contribution in [0.1, 0.15) is 45.4 Å². The maximum absolute atomic E-state index is 12.0. The number of hydrogen-bond acceptors (Lipinski definition) is 2. The summed E-state index contributed by atoms with van der Waals surface area (Å²) < 4.78 is 0. The molecule has 1 unspecified atom stereocenters. The van der Waals surface area contributed by atoms with E-state index in [0.29, 0.717) is 12.5 Å². The van der Waals surface area contributed by atoms with Gasteiger partial charge in [0.25, 0.3) is 0 Å². The molecule has 1 amide bonds. The van der Waals surface area contributed by atoms with Crippen molar-refractivity contribution in [2.75, 3.05) is 7.05 Å². The van der Waals surface area contributed by atoms with Crippen molar-refractivity contribution >= 4 is 5.91 Å². The lowest BCUT2D eigenvalue weighted by Gasteiger charge is -2.35. The van der Waals surface area contributed by atoms with E-state index < -0.39 is 6.04 Å². The summed E-state index contributed by atoms with van der Waals surface area (Å²) in [4.78, 5) is 13.9. The average Bonchev–Trinajstić information content (AvgIpc) is 2.37. The van der Waals surface area contributed by atoms with Crippen LogP contribution in [0.5, 0.6) is 0 Å². The first-order chi connectivity index (χ1) is 8.10. The van der Waals surface area contributed by atoms with Crippen LogP contribution >= 0.6 is 0 Å². The van der Waals surface area contributed by atoms with Crippen molar-refractivity contribution in [2.24, 2.45) is 11.7 Å². The van der Waals surface area contributed by atoms with E-state index in [1.165, 1.54) is 19.3 Å². The van der Waals surface area contributed by atoms with Crippen LogP contribution in [0.4, 0.5) is 0 Å². The maximum atomic E-state index is 12.0. The molecule has 17 heavy (non-hydrogen) atoms.